The van der Waals surface area contributed by atoms with Crippen LogP contribution in [0.2, 0.25) is 0 Å². The van der Waals surface area contributed by atoms with Crippen LogP contribution >= 0.6 is 0 Å². The van der Waals surface area contributed by atoms with Crippen molar-refractivity contribution in [3.8, 4) is 16.9 Å². The number of carbonyl (C=O) groups excluding carboxylic acids is 2. The normalized spacial score (nSPS) is 16.2. The number of phenolic OH excluding ortho intramolecular Hbond substituents is 1. The van der Waals surface area contributed by atoms with Crippen molar-refractivity contribution in [3.05, 3.63) is 117 Å². The number of Topliss-reactive ketones (excluding diaryl/α,β-unsaturated/α-hetero) is 2. The van der Waals surface area contributed by atoms with Gasteiger partial charge >= 0.3 is 0 Å². The third-order valence-electron chi connectivity index (χ3n) is 8.25. The van der Waals surface area contributed by atoms with Gasteiger partial charge in [-0.05, 0) is 84.1 Å². The fourth-order valence-corrected chi connectivity index (χ4v) is 7.56. The van der Waals surface area contributed by atoms with Gasteiger partial charge in [-0.15, -0.1) is 0 Å². The third-order valence-corrected chi connectivity index (χ3v) is 10.8. The number of hydrazone groups is 2. The summed E-state index contributed by atoms with van der Waals surface area (Å²) in [5.41, 5.74) is 7.11. The largest absolute Gasteiger partial charge is 0.507 e. The van der Waals surface area contributed by atoms with Crippen LogP contribution in [0.4, 0.5) is 11.4 Å². The van der Waals surface area contributed by atoms with Gasteiger partial charge < -0.3 is 5.11 Å². The molecule has 53 heavy (non-hydrogen) atoms. The summed E-state index contributed by atoms with van der Waals surface area (Å²) in [5, 5.41) is 18.4. The van der Waals surface area contributed by atoms with Crippen molar-refractivity contribution in [2.45, 2.75) is 18.7 Å². The lowest BCUT2D eigenvalue weighted by atomic mass is 9.94. The summed E-state index contributed by atoms with van der Waals surface area (Å²) in [6.45, 7) is 3.46. The molecule has 4 aromatic rings. The van der Waals surface area contributed by atoms with E-state index < -0.39 is 79.2 Å². The number of hydrogen-bond acceptors (Lipinski definition) is 13. The molecule has 0 unspecified atom stereocenters. The molecule has 6 rings (SSSR count). The van der Waals surface area contributed by atoms with Crippen molar-refractivity contribution < 1.29 is 53.6 Å². The molecule has 2 aliphatic carbocycles. The van der Waals surface area contributed by atoms with Crippen LogP contribution in [0.3, 0.4) is 0 Å². The van der Waals surface area contributed by atoms with Gasteiger partial charge in [-0.2, -0.15) is 35.5 Å². The Morgan fingerprint density at radius 2 is 1.15 bits per heavy atom. The molecule has 0 heterocycles. The summed E-state index contributed by atoms with van der Waals surface area (Å²) in [5.74, 6) is -2.57. The lowest BCUT2D eigenvalue weighted by molar-refractivity contribution is 0.105. The number of hydrogen-bond donors (Lipinski definition) is 6. The number of allylic oxidation sites excluding steroid dienone is 2. The zero-order valence-corrected chi connectivity index (χ0v) is 29.7. The zero-order valence-electron chi connectivity index (χ0n) is 27.3. The number of rotatable bonds is 8. The number of anilines is 2. The Labute approximate surface area is 302 Å². The predicted octanol–water partition coefficient (Wildman–Crippen LogP) is 4.71. The molecule has 0 saturated heterocycles. The molecule has 0 fully saturated rings. The van der Waals surface area contributed by atoms with Crippen molar-refractivity contribution in [3.63, 3.8) is 0 Å². The third kappa shape index (κ3) is 7.29. The smallest absolute Gasteiger partial charge is 0.296 e. The van der Waals surface area contributed by atoms with Crippen LogP contribution in [0, 0.1) is 13.8 Å². The van der Waals surface area contributed by atoms with E-state index in [1.165, 1.54) is 18.2 Å². The monoisotopic (exact) mass is 778 g/mol. The Hall–Kier alpha value is -5.83. The van der Waals surface area contributed by atoms with Gasteiger partial charge in [-0.25, -0.2) is 0 Å². The second-order valence-electron chi connectivity index (χ2n) is 11.8. The molecule has 0 radical (unpaired) electrons. The average molecular weight is 779 g/mol. The molecule has 16 nitrogen and oxygen atoms in total. The van der Waals surface area contributed by atoms with Crippen molar-refractivity contribution in [1.29, 1.82) is 0 Å². The average Bonchev–Trinajstić information content (AvgIpc) is 3.06. The highest BCUT2D eigenvalue weighted by molar-refractivity contribution is 7.95. The highest BCUT2D eigenvalue weighted by Gasteiger charge is 2.36. The first kappa shape index (κ1) is 36.9. The minimum absolute atomic E-state index is 0.0656. The lowest BCUT2D eigenvalue weighted by Gasteiger charge is -2.18. The second kappa shape index (κ2) is 13.3. The van der Waals surface area contributed by atoms with Gasteiger partial charge in [0.25, 0.3) is 30.4 Å². The van der Waals surface area contributed by atoms with E-state index >= 15 is 0 Å². The van der Waals surface area contributed by atoms with E-state index in [-0.39, 0.29) is 16.8 Å². The fraction of sp³-hybridized carbons (Fsp3) is 0.0588. The molecule has 19 heteroatoms. The summed E-state index contributed by atoms with van der Waals surface area (Å²) in [6, 6.07) is 17.6. The fourth-order valence-electron chi connectivity index (χ4n) is 5.65. The zero-order chi connectivity index (χ0) is 38.6. The molecule has 0 aromatic heterocycles. The summed E-state index contributed by atoms with van der Waals surface area (Å²) < 4.78 is 101. The lowest BCUT2D eigenvalue weighted by Crippen LogP contribution is -2.27. The van der Waals surface area contributed by atoms with E-state index in [9.17, 15) is 53.6 Å². The van der Waals surface area contributed by atoms with Crippen LogP contribution in [-0.4, -0.2) is 67.0 Å². The maximum absolute atomic E-state index is 13.3. The van der Waals surface area contributed by atoms with Crippen LogP contribution in [0.1, 0.15) is 43.0 Å². The summed E-state index contributed by atoms with van der Waals surface area (Å²) >= 11 is 0. The topological polar surface area (TPSA) is 266 Å². The van der Waals surface area contributed by atoms with E-state index in [1.807, 2.05) is 6.07 Å². The maximum Gasteiger partial charge on any atom is 0.296 e. The first-order valence-corrected chi connectivity index (χ1v) is 19.4. The molecule has 2 aliphatic rings. The quantitative estimate of drug-likeness (QED) is 0.105. The van der Waals surface area contributed by atoms with Crippen molar-refractivity contribution in [2.24, 2.45) is 10.2 Å². The Kier molecular flexibility index (Phi) is 9.27. The number of benzene rings is 4. The van der Waals surface area contributed by atoms with E-state index in [4.69, 9.17) is 0 Å². The molecule has 6 N–H and O–H groups in total. The van der Waals surface area contributed by atoms with Gasteiger partial charge in [0.1, 0.15) is 21.3 Å². The molecular weight excluding hydrogens is 753 g/mol. The summed E-state index contributed by atoms with van der Waals surface area (Å²) in [6.07, 6.45) is 1.73. The predicted molar refractivity (Wildman–Crippen MR) is 196 cm³/mol. The Bertz CT molecular complexity index is 2770. The first-order valence-electron chi connectivity index (χ1n) is 15.0. The van der Waals surface area contributed by atoms with Crippen LogP contribution in [0.5, 0.6) is 5.75 Å². The number of nitrogens with zero attached hydrogens (tertiary/aromatic N) is 2. The molecule has 272 valence electrons. The number of carbonyl (C=O) groups is 2. The highest BCUT2D eigenvalue weighted by Crippen LogP contribution is 2.35. The van der Waals surface area contributed by atoms with Gasteiger partial charge in [0, 0.05) is 17.2 Å². The van der Waals surface area contributed by atoms with Crippen LogP contribution < -0.4 is 10.9 Å². The molecule has 0 amide bonds. The second-order valence-corrected chi connectivity index (χ2v) is 16.0. The number of phenols is 1. The molecule has 0 spiro atoms. The maximum atomic E-state index is 13.3. The molecule has 4 aromatic carbocycles. The van der Waals surface area contributed by atoms with Crippen LogP contribution in [-0.2, 0) is 30.4 Å². The van der Waals surface area contributed by atoms with Gasteiger partial charge in [-0.3, -0.25) is 34.1 Å². The van der Waals surface area contributed by atoms with Crippen LogP contribution in [0.25, 0.3) is 22.1 Å². The van der Waals surface area contributed by atoms with E-state index in [0.717, 1.165) is 29.3 Å². The van der Waals surface area contributed by atoms with Gasteiger partial charge in [0.05, 0.1) is 21.8 Å². The Morgan fingerprint density at radius 3 is 1.68 bits per heavy atom. The minimum atomic E-state index is -5.10. The minimum Gasteiger partial charge on any atom is -0.507 e. The molecular formula is C34H26N4O12S3. The highest BCUT2D eigenvalue weighted by atomic mass is 32.2. The Balaban J connectivity index is 1.25. The van der Waals surface area contributed by atoms with Gasteiger partial charge in [0.2, 0.25) is 11.6 Å². The number of nitrogens with one attached hydrogen (secondary N) is 2. The van der Waals surface area contributed by atoms with E-state index in [2.05, 4.69) is 21.1 Å². The first-order chi connectivity index (χ1) is 24.7. The van der Waals surface area contributed by atoms with Crippen molar-refractivity contribution >= 4 is 75.7 Å². The SMILES string of the molecule is Cc1cc(-c2ccc(N/N=C3\C(=O)c4c(O)cc(S(=O)(=O)O)cc4C=C3S(=O)(=O)O)c(C)c2)ccc1N/N=C1\C=C(S(=O)(=O)O)c2ccccc2C1=O. The van der Waals surface area contributed by atoms with Crippen molar-refractivity contribution in [1.82, 2.24) is 0 Å². The summed E-state index contributed by atoms with van der Waals surface area (Å²) in [4.78, 5) is 24.1. The van der Waals surface area contributed by atoms with E-state index in [0.29, 0.717) is 28.6 Å². The summed E-state index contributed by atoms with van der Waals surface area (Å²) in [7, 11) is -14.6. The van der Waals surface area contributed by atoms with E-state index in [1.54, 1.807) is 50.2 Å². The van der Waals surface area contributed by atoms with Gasteiger partial charge in [0.15, 0.2) is 5.71 Å². The van der Waals surface area contributed by atoms with Crippen molar-refractivity contribution in [2.75, 3.05) is 10.9 Å². The molecule has 0 atom stereocenters. The van der Waals surface area contributed by atoms with Crippen LogP contribution in [0.15, 0.2) is 98.9 Å². The molecule has 0 saturated carbocycles. The number of ketones is 2. The Morgan fingerprint density at radius 1 is 0.604 bits per heavy atom. The van der Waals surface area contributed by atoms with Gasteiger partial charge in [-0.1, -0.05) is 36.4 Å². The molecule has 0 aliphatic heterocycles. The number of fused-ring (bicyclic) bond motifs is 2. The number of aromatic hydroxyl groups is 1. The number of aryl methyl sites for hydroxylation is 2. The molecule has 0 bridgehead atoms. The standard InChI is InChI=1S/C34H26N4O12S3/c1-17-11-19(7-9-25(17)35-37-27-16-29(52(45,46)47)23-5-3-4-6-24(23)33(27)40)20-8-10-26(18(2)12-20)36-38-32-30(53(48,49)50)14-21-13-22(51(42,43)44)15-28(39)31(21)34(32)41/h3-16,35-36,39H,1-2H3,(H,42,43,44)(H,45,46,47)(H,48,49,50)/b37-27+,38-32-.